The molecule has 110 valence electrons. The van der Waals surface area contributed by atoms with Crippen molar-refractivity contribution in [1.82, 2.24) is 35.7 Å². The summed E-state index contributed by atoms with van der Waals surface area (Å²) in [5, 5.41) is 0. The molecular formula is C5H21ClN6O4Ru. The van der Waals surface area contributed by atoms with Gasteiger partial charge < -0.3 is 30.8 Å². The molecule has 0 amide bonds. The Morgan fingerprint density at radius 1 is 0.765 bits per heavy atom. The van der Waals surface area contributed by atoms with Gasteiger partial charge in [0.2, 0.25) is 0 Å². The summed E-state index contributed by atoms with van der Waals surface area (Å²) >= 11 is 0. The van der Waals surface area contributed by atoms with Gasteiger partial charge in [-0.2, -0.15) is 14.0 Å². The van der Waals surface area contributed by atoms with Crippen LogP contribution in [0.15, 0.2) is 30.6 Å². The first-order valence-electron chi connectivity index (χ1n) is 2.48. The van der Waals surface area contributed by atoms with Crippen molar-refractivity contribution in [3.05, 3.63) is 30.6 Å². The maximum atomic E-state index is 8.60. The summed E-state index contributed by atoms with van der Waals surface area (Å²) in [7, 11) is -4.69. The summed E-state index contributed by atoms with van der Waals surface area (Å²) < 4.78 is 32.7. The first-order chi connectivity index (χ1) is 5.00. The molecule has 10 nitrogen and oxygen atoms in total. The van der Waals surface area contributed by atoms with Crippen LogP contribution < -0.4 is 44.7 Å². The maximum Gasteiger partial charge on any atom is 0.0777 e. The van der Waals surface area contributed by atoms with Gasteiger partial charge in [-0.15, -0.1) is 0 Å². The summed E-state index contributed by atoms with van der Waals surface area (Å²) in [5.74, 6) is 0. The molecule has 0 aromatic carbocycles. The molecule has 0 fully saturated rings. The van der Waals surface area contributed by atoms with Crippen LogP contribution in [0.3, 0.4) is 0 Å². The van der Waals surface area contributed by atoms with Crippen LogP contribution in [0.1, 0.15) is 0 Å². The van der Waals surface area contributed by atoms with Crippen LogP contribution in [0.5, 0.6) is 0 Å². The second-order valence-corrected chi connectivity index (χ2v) is 2.21. The molecule has 0 saturated heterocycles. The second kappa shape index (κ2) is 24.8. The van der Waals surface area contributed by atoms with Crippen LogP contribution in [0.25, 0.3) is 0 Å². The minimum absolute atomic E-state index is 0. The molecule has 1 rings (SSSR count). The molecule has 0 spiro atoms. The van der Waals surface area contributed by atoms with Crippen molar-refractivity contribution in [3.8, 4) is 0 Å². The van der Waals surface area contributed by atoms with Crippen molar-refractivity contribution in [1.29, 1.82) is 0 Å². The molecule has 0 aliphatic rings. The van der Waals surface area contributed by atoms with E-state index in [-0.39, 0.29) is 50.2 Å². The number of pyridine rings is 1. The van der Waals surface area contributed by atoms with E-state index in [0.29, 0.717) is 0 Å². The van der Waals surface area contributed by atoms with Crippen LogP contribution in [0.2, 0.25) is 0 Å². The van der Waals surface area contributed by atoms with Crippen LogP contribution in [-0.4, -0.2) is 9.64 Å². The Bertz CT molecular complexity index is 159. The van der Waals surface area contributed by atoms with E-state index >= 15 is 0 Å². The molecule has 0 atom stereocenters. The van der Waals surface area contributed by atoms with Gasteiger partial charge in [0.1, 0.15) is 0 Å². The van der Waals surface area contributed by atoms with E-state index < -0.39 is 10.2 Å². The van der Waals surface area contributed by atoms with Crippen molar-refractivity contribution in [2.75, 3.05) is 0 Å². The largest absolute Gasteiger partial charge is 0.344 e. The minimum Gasteiger partial charge on any atom is -0.344 e. The van der Waals surface area contributed by atoms with Crippen LogP contribution in [0.4, 0.5) is 0 Å². The molecule has 0 aliphatic heterocycles. The van der Waals surface area contributed by atoms with E-state index in [1.807, 2.05) is 18.2 Å². The van der Waals surface area contributed by atoms with E-state index in [1.54, 1.807) is 12.4 Å². The third-order valence-electron chi connectivity index (χ3n) is 0.566. The molecular weight excluding hydrogens is 345 g/mol. The van der Waals surface area contributed by atoms with Gasteiger partial charge in [0.05, 0.1) is 14.9 Å². The molecule has 17 heavy (non-hydrogen) atoms. The van der Waals surface area contributed by atoms with Crippen LogP contribution in [-0.2, 0) is 19.5 Å². The number of aromatic nitrogens is 1. The van der Waals surface area contributed by atoms with Gasteiger partial charge >= 0.3 is 0 Å². The molecule has 1 heterocycles. The third kappa shape index (κ3) is 90.7. The van der Waals surface area contributed by atoms with E-state index in [0.717, 1.165) is 0 Å². The standard InChI is InChI=1S/C5H5N.ClHO4.5H3N.Ru/c1-2-4-6-5-3-1;2-1(3,4)5;;;;;;/h1-5H;(H,2,3,4,5);5*1H3;. The first kappa shape index (κ1) is 43.7. The topological polar surface area (TPSA) is 277 Å². The average molecular weight is 366 g/mol. The number of rotatable bonds is 0. The maximum absolute atomic E-state index is 8.60. The SMILES string of the molecule is N.N.N.N.N.[O-][Cl+3]([O-])([O-])O.[Ru].c1ccncc1. The van der Waals surface area contributed by atoms with Crippen LogP contribution >= 0.6 is 0 Å². The van der Waals surface area contributed by atoms with Gasteiger partial charge in [0, 0.05) is 31.9 Å². The molecule has 0 unspecified atom stereocenters. The van der Waals surface area contributed by atoms with Crippen molar-refractivity contribution in [3.63, 3.8) is 0 Å². The molecule has 0 bridgehead atoms. The molecule has 12 heteroatoms. The summed E-state index contributed by atoms with van der Waals surface area (Å²) in [6.45, 7) is 0. The Hall–Kier alpha value is -0.297. The predicted octanol–water partition coefficient (Wildman–Crippen LogP) is -2.23. The van der Waals surface area contributed by atoms with Crippen molar-refractivity contribution in [2.24, 2.45) is 0 Å². The van der Waals surface area contributed by atoms with Crippen molar-refractivity contribution in [2.45, 2.75) is 0 Å². The van der Waals surface area contributed by atoms with Gasteiger partial charge in [-0.1, -0.05) is 6.07 Å². The summed E-state index contributed by atoms with van der Waals surface area (Å²) in [6, 6.07) is 5.72. The second-order valence-electron chi connectivity index (χ2n) is 1.42. The molecule has 1 aromatic heterocycles. The fraction of sp³-hybridized carbons (Fsp3) is 0. The summed E-state index contributed by atoms with van der Waals surface area (Å²) in [4.78, 5) is 3.78. The van der Waals surface area contributed by atoms with Gasteiger partial charge in [0.15, 0.2) is 0 Å². The van der Waals surface area contributed by atoms with Gasteiger partial charge in [-0.25, -0.2) is 0 Å². The Kier molecular flexibility index (Phi) is 63.8. The van der Waals surface area contributed by atoms with E-state index in [9.17, 15) is 0 Å². The van der Waals surface area contributed by atoms with E-state index in [1.165, 1.54) is 0 Å². The zero-order valence-electron chi connectivity index (χ0n) is 9.27. The Morgan fingerprint density at radius 3 is 1.06 bits per heavy atom. The van der Waals surface area contributed by atoms with E-state index in [4.69, 9.17) is 18.6 Å². The number of hydrogen-bond donors (Lipinski definition) is 6. The number of halogens is 1. The monoisotopic (exact) mass is 366 g/mol. The molecule has 0 saturated carbocycles. The van der Waals surface area contributed by atoms with Crippen LogP contribution in [0, 0.1) is 10.2 Å². The molecule has 1 aromatic rings. The molecule has 0 radical (unpaired) electrons. The normalized spacial score (nSPS) is 6.35. The first-order valence-corrected chi connectivity index (χ1v) is 3.75. The Balaban J connectivity index is -0.0000000176. The van der Waals surface area contributed by atoms with Gasteiger partial charge in [-0.05, 0) is 12.1 Å². The van der Waals surface area contributed by atoms with Gasteiger partial charge in [-0.3, -0.25) is 4.98 Å². The smallest absolute Gasteiger partial charge is 0.0777 e. The fourth-order valence-electron chi connectivity index (χ4n) is 0.313. The number of hydrogen-bond acceptors (Lipinski definition) is 10. The molecule has 0 aliphatic carbocycles. The summed E-state index contributed by atoms with van der Waals surface area (Å²) in [5.41, 5.74) is 0. The quantitative estimate of drug-likeness (QED) is 0.268. The van der Waals surface area contributed by atoms with E-state index in [2.05, 4.69) is 4.98 Å². The minimum atomic E-state index is -4.69. The fourth-order valence-corrected chi connectivity index (χ4v) is 0.313. The zero-order chi connectivity index (χ0) is 8.74. The van der Waals surface area contributed by atoms with Crippen molar-refractivity contribution >= 4 is 0 Å². The van der Waals surface area contributed by atoms with Gasteiger partial charge in [0.25, 0.3) is 0 Å². The Morgan fingerprint density at radius 2 is 1.00 bits per heavy atom. The zero-order valence-corrected chi connectivity index (χ0v) is 11.8. The third-order valence-corrected chi connectivity index (χ3v) is 0.566. The average Bonchev–Trinajstić information content (AvgIpc) is 1.88. The predicted molar refractivity (Wildman–Crippen MR) is 51.6 cm³/mol. The summed E-state index contributed by atoms with van der Waals surface area (Å²) in [6.07, 6.45) is 3.50. The molecule has 16 N–H and O–H groups in total. The number of nitrogens with zero attached hydrogens (tertiary/aromatic N) is 1. The Labute approximate surface area is 115 Å². The van der Waals surface area contributed by atoms with Crippen molar-refractivity contribution < 1.29 is 48.4 Å².